The molecule has 1 aromatic heterocycles. The lowest BCUT2D eigenvalue weighted by molar-refractivity contribution is 0.660. The largest absolute Gasteiger partial charge is 0.330 e. The lowest BCUT2D eigenvalue weighted by Gasteiger charge is -2.09. The van der Waals surface area contributed by atoms with E-state index in [0.29, 0.717) is 6.54 Å². The molecule has 0 aliphatic carbocycles. The molecule has 0 fully saturated rings. The van der Waals surface area contributed by atoms with Crippen molar-refractivity contribution in [2.24, 2.45) is 11.5 Å². The van der Waals surface area contributed by atoms with Crippen molar-refractivity contribution in [3.8, 4) is 0 Å². The zero-order valence-electron chi connectivity index (χ0n) is 6.70. The van der Waals surface area contributed by atoms with Gasteiger partial charge in [0.1, 0.15) is 4.60 Å². The van der Waals surface area contributed by atoms with Crippen molar-refractivity contribution in [1.29, 1.82) is 0 Å². The number of hydrogen-bond acceptors (Lipinski definition) is 3. The summed E-state index contributed by atoms with van der Waals surface area (Å²) in [6.45, 7) is 0.612. The number of pyridine rings is 1. The van der Waals surface area contributed by atoms with Gasteiger partial charge in [-0.2, -0.15) is 0 Å². The minimum Gasteiger partial charge on any atom is -0.330 e. The SMILES string of the molecule is NCC[C@@H](N)c1ccnc(Br)c1. The molecule has 1 rings (SSSR count). The maximum absolute atomic E-state index is 5.85. The van der Waals surface area contributed by atoms with Crippen LogP contribution in [0.4, 0.5) is 0 Å². The van der Waals surface area contributed by atoms with Crippen LogP contribution in [0.3, 0.4) is 0 Å². The Balaban J connectivity index is 2.73. The fourth-order valence-corrected chi connectivity index (χ4v) is 1.38. The number of aromatic nitrogens is 1. The Morgan fingerprint density at radius 2 is 2.33 bits per heavy atom. The molecule has 12 heavy (non-hydrogen) atoms. The van der Waals surface area contributed by atoms with E-state index in [2.05, 4.69) is 20.9 Å². The molecule has 66 valence electrons. The van der Waals surface area contributed by atoms with Crippen LogP contribution < -0.4 is 11.5 Å². The van der Waals surface area contributed by atoms with Crippen LogP contribution in [-0.4, -0.2) is 11.5 Å². The minimum absolute atomic E-state index is 0.0225. The number of nitrogens with zero attached hydrogens (tertiary/aromatic N) is 1. The Morgan fingerprint density at radius 1 is 1.58 bits per heavy atom. The summed E-state index contributed by atoms with van der Waals surface area (Å²) >= 11 is 3.28. The van der Waals surface area contributed by atoms with Crippen LogP contribution in [0.15, 0.2) is 22.9 Å². The van der Waals surface area contributed by atoms with E-state index in [1.807, 2.05) is 12.1 Å². The highest BCUT2D eigenvalue weighted by Gasteiger charge is 2.04. The Kier molecular flexibility index (Phi) is 3.65. The Morgan fingerprint density at radius 3 is 2.92 bits per heavy atom. The average Bonchev–Trinajstić information content (AvgIpc) is 2.05. The number of halogens is 1. The molecular formula is C8H12BrN3. The second kappa shape index (κ2) is 4.54. The van der Waals surface area contributed by atoms with Crippen LogP contribution in [-0.2, 0) is 0 Å². The Hall–Kier alpha value is -0.450. The molecule has 3 nitrogen and oxygen atoms in total. The highest BCUT2D eigenvalue weighted by molar-refractivity contribution is 9.10. The van der Waals surface area contributed by atoms with Crippen LogP contribution in [0, 0.1) is 0 Å². The van der Waals surface area contributed by atoms with E-state index in [4.69, 9.17) is 11.5 Å². The van der Waals surface area contributed by atoms with Gasteiger partial charge in [-0.15, -0.1) is 0 Å². The predicted molar refractivity (Wildman–Crippen MR) is 52.5 cm³/mol. The van der Waals surface area contributed by atoms with E-state index < -0.39 is 0 Å². The van der Waals surface area contributed by atoms with Crippen molar-refractivity contribution in [3.63, 3.8) is 0 Å². The second-order valence-corrected chi connectivity index (χ2v) is 3.41. The molecule has 0 aliphatic rings. The molecule has 0 aromatic carbocycles. The Bertz CT molecular complexity index is 252. The van der Waals surface area contributed by atoms with E-state index in [1.54, 1.807) is 6.20 Å². The van der Waals surface area contributed by atoms with Gasteiger partial charge < -0.3 is 11.5 Å². The lowest BCUT2D eigenvalue weighted by Crippen LogP contribution is -2.15. The predicted octanol–water partition coefficient (Wildman–Crippen LogP) is 1.19. The topological polar surface area (TPSA) is 64.9 Å². The molecular weight excluding hydrogens is 218 g/mol. The summed E-state index contributed by atoms with van der Waals surface area (Å²) in [6, 6.07) is 3.85. The molecule has 4 heteroatoms. The van der Waals surface area contributed by atoms with E-state index in [0.717, 1.165) is 16.6 Å². The van der Waals surface area contributed by atoms with Crippen LogP contribution in [0.25, 0.3) is 0 Å². The standard InChI is InChI=1S/C8H12BrN3/c9-8-5-6(2-4-12-8)7(11)1-3-10/h2,4-5,7H,1,3,10-11H2/t7-/m1/s1. The lowest BCUT2D eigenvalue weighted by atomic mass is 10.1. The van der Waals surface area contributed by atoms with Gasteiger partial charge >= 0.3 is 0 Å². The molecule has 1 aromatic rings. The minimum atomic E-state index is 0.0225. The van der Waals surface area contributed by atoms with Gasteiger partial charge in [-0.05, 0) is 46.6 Å². The zero-order chi connectivity index (χ0) is 8.97. The van der Waals surface area contributed by atoms with Gasteiger partial charge in [-0.25, -0.2) is 4.98 Å². The molecule has 0 unspecified atom stereocenters. The van der Waals surface area contributed by atoms with Crippen molar-refractivity contribution in [3.05, 3.63) is 28.5 Å². The van der Waals surface area contributed by atoms with Crippen molar-refractivity contribution in [2.75, 3.05) is 6.54 Å². The van der Waals surface area contributed by atoms with Crippen LogP contribution >= 0.6 is 15.9 Å². The summed E-state index contributed by atoms with van der Waals surface area (Å²) in [7, 11) is 0. The van der Waals surface area contributed by atoms with Crippen molar-refractivity contribution in [2.45, 2.75) is 12.5 Å². The first-order chi connectivity index (χ1) is 5.74. The molecule has 0 saturated carbocycles. The highest BCUT2D eigenvalue weighted by atomic mass is 79.9. The van der Waals surface area contributed by atoms with Gasteiger partial charge in [0, 0.05) is 12.2 Å². The van der Waals surface area contributed by atoms with Gasteiger partial charge in [0.15, 0.2) is 0 Å². The average molecular weight is 230 g/mol. The summed E-state index contributed by atoms with van der Waals surface area (Å²) in [5.41, 5.74) is 12.3. The first-order valence-electron chi connectivity index (χ1n) is 3.81. The molecule has 0 bridgehead atoms. The Labute approximate surface area is 80.3 Å². The summed E-state index contributed by atoms with van der Waals surface area (Å²) < 4.78 is 0.812. The molecule has 1 heterocycles. The number of hydrogen-bond donors (Lipinski definition) is 2. The third-order valence-electron chi connectivity index (χ3n) is 1.66. The second-order valence-electron chi connectivity index (χ2n) is 2.60. The van der Waals surface area contributed by atoms with Gasteiger partial charge in [0.25, 0.3) is 0 Å². The third kappa shape index (κ3) is 2.55. The van der Waals surface area contributed by atoms with Gasteiger partial charge in [0.05, 0.1) is 0 Å². The maximum Gasteiger partial charge on any atom is 0.106 e. The van der Waals surface area contributed by atoms with E-state index in [1.165, 1.54) is 0 Å². The first-order valence-corrected chi connectivity index (χ1v) is 4.60. The van der Waals surface area contributed by atoms with Gasteiger partial charge in [-0.3, -0.25) is 0 Å². The van der Waals surface area contributed by atoms with E-state index >= 15 is 0 Å². The summed E-state index contributed by atoms with van der Waals surface area (Å²) in [6.07, 6.45) is 2.53. The molecule has 0 amide bonds. The number of rotatable bonds is 3. The summed E-state index contributed by atoms with van der Waals surface area (Å²) in [5.74, 6) is 0. The van der Waals surface area contributed by atoms with Crippen molar-refractivity contribution >= 4 is 15.9 Å². The maximum atomic E-state index is 5.85. The molecule has 0 saturated heterocycles. The number of nitrogens with two attached hydrogens (primary N) is 2. The highest BCUT2D eigenvalue weighted by Crippen LogP contribution is 2.15. The van der Waals surface area contributed by atoms with Crippen molar-refractivity contribution < 1.29 is 0 Å². The van der Waals surface area contributed by atoms with Gasteiger partial charge in [-0.1, -0.05) is 0 Å². The third-order valence-corrected chi connectivity index (χ3v) is 2.09. The fraction of sp³-hybridized carbons (Fsp3) is 0.375. The smallest absolute Gasteiger partial charge is 0.106 e. The van der Waals surface area contributed by atoms with Crippen LogP contribution in [0.5, 0.6) is 0 Å². The van der Waals surface area contributed by atoms with Crippen molar-refractivity contribution in [1.82, 2.24) is 4.98 Å². The summed E-state index contributed by atoms with van der Waals surface area (Å²) in [5, 5.41) is 0. The molecule has 0 radical (unpaired) electrons. The van der Waals surface area contributed by atoms with E-state index in [-0.39, 0.29) is 6.04 Å². The molecule has 0 spiro atoms. The fourth-order valence-electron chi connectivity index (χ4n) is 0.994. The monoisotopic (exact) mass is 229 g/mol. The molecule has 1 atom stereocenters. The van der Waals surface area contributed by atoms with Crippen LogP contribution in [0.2, 0.25) is 0 Å². The molecule has 4 N–H and O–H groups in total. The first kappa shape index (κ1) is 9.64. The normalized spacial score (nSPS) is 12.9. The quantitative estimate of drug-likeness (QED) is 0.766. The molecule has 0 aliphatic heterocycles. The van der Waals surface area contributed by atoms with Gasteiger partial charge in [0.2, 0.25) is 0 Å². The van der Waals surface area contributed by atoms with Crippen LogP contribution in [0.1, 0.15) is 18.0 Å². The summed E-state index contributed by atoms with van der Waals surface area (Å²) in [4.78, 5) is 4.01. The zero-order valence-corrected chi connectivity index (χ0v) is 8.29. The van der Waals surface area contributed by atoms with E-state index in [9.17, 15) is 0 Å².